The zero-order chi connectivity index (χ0) is 15.7. The summed E-state index contributed by atoms with van der Waals surface area (Å²) in [4.78, 5) is 29.8. The van der Waals surface area contributed by atoms with Crippen LogP contribution in [0.15, 0.2) is 36.5 Å². The molecule has 2 heterocycles. The van der Waals surface area contributed by atoms with E-state index >= 15 is 0 Å². The number of nitrogens with two attached hydrogens (primary N) is 1. The highest BCUT2D eigenvalue weighted by molar-refractivity contribution is 6.07. The van der Waals surface area contributed by atoms with Gasteiger partial charge in [-0.3, -0.25) is 14.5 Å². The van der Waals surface area contributed by atoms with Crippen LogP contribution in [-0.2, 0) is 17.8 Å². The number of amides is 2. The summed E-state index contributed by atoms with van der Waals surface area (Å²) in [5.74, 6) is 0.344. The fourth-order valence-electron chi connectivity index (χ4n) is 2.44. The van der Waals surface area contributed by atoms with Crippen molar-refractivity contribution < 1.29 is 9.59 Å². The molecule has 2 amide bonds. The molecule has 2 aromatic rings. The molecule has 1 aliphatic rings. The third-order valence-electron chi connectivity index (χ3n) is 3.75. The summed E-state index contributed by atoms with van der Waals surface area (Å²) in [6, 6.07) is 8.82. The van der Waals surface area contributed by atoms with Gasteiger partial charge >= 0.3 is 0 Å². The maximum absolute atomic E-state index is 12.3. The van der Waals surface area contributed by atoms with Gasteiger partial charge in [0.1, 0.15) is 5.82 Å². The minimum atomic E-state index is -0.223. The van der Waals surface area contributed by atoms with Gasteiger partial charge < -0.3 is 11.1 Å². The minimum Gasteiger partial charge on any atom is -0.326 e. The molecule has 0 saturated heterocycles. The molecule has 0 unspecified atom stereocenters. The standard InChI is InChI=1S/C16H16N4O2/c1-20-14(21)8-12-13(6-7-18-15(12)20)19-16(22)11-4-2-10(9-17)3-5-11/h2-7H,8-9,17H2,1H3,(H,18,19,22). The number of rotatable bonds is 3. The molecule has 0 bridgehead atoms. The van der Waals surface area contributed by atoms with E-state index in [1.165, 1.54) is 4.90 Å². The van der Waals surface area contributed by atoms with Crippen molar-refractivity contribution in [2.45, 2.75) is 13.0 Å². The third kappa shape index (κ3) is 2.44. The monoisotopic (exact) mass is 296 g/mol. The van der Waals surface area contributed by atoms with Crippen LogP contribution in [0.25, 0.3) is 0 Å². The molecule has 1 aliphatic heterocycles. The van der Waals surface area contributed by atoms with Gasteiger partial charge in [-0.1, -0.05) is 12.1 Å². The maximum atomic E-state index is 12.3. The number of benzene rings is 1. The smallest absolute Gasteiger partial charge is 0.255 e. The second kappa shape index (κ2) is 5.57. The Morgan fingerprint density at radius 2 is 2.05 bits per heavy atom. The number of carbonyl (C=O) groups excluding carboxylic acids is 2. The first-order valence-corrected chi connectivity index (χ1v) is 6.95. The lowest BCUT2D eigenvalue weighted by Crippen LogP contribution is -2.21. The zero-order valence-corrected chi connectivity index (χ0v) is 12.2. The van der Waals surface area contributed by atoms with Crippen LogP contribution in [-0.4, -0.2) is 23.8 Å². The van der Waals surface area contributed by atoms with Gasteiger partial charge in [0.05, 0.1) is 6.42 Å². The molecular weight excluding hydrogens is 280 g/mol. The van der Waals surface area contributed by atoms with Crippen LogP contribution >= 0.6 is 0 Å². The Kier molecular flexibility index (Phi) is 3.60. The minimum absolute atomic E-state index is 0.0310. The molecule has 0 radical (unpaired) electrons. The lowest BCUT2D eigenvalue weighted by atomic mass is 10.1. The van der Waals surface area contributed by atoms with Crippen LogP contribution in [0.1, 0.15) is 21.5 Å². The summed E-state index contributed by atoms with van der Waals surface area (Å²) in [6.07, 6.45) is 1.84. The van der Waals surface area contributed by atoms with E-state index in [0.29, 0.717) is 23.6 Å². The predicted molar refractivity (Wildman–Crippen MR) is 83.6 cm³/mol. The van der Waals surface area contributed by atoms with E-state index < -0.39 is 0 Å². The van der Waals surface area contributed by atoms with Crippen molar-refractivity contribution in [3.63, 3.8) is 0 Å². The number of anilines is 2. The van der Waals surface area contributed by atoms with Crippen LogP contribution < -0.4 is 16.0 Å². The van der Waals surface area contributed by atoms with E-state index in [9.17, 15) is 9.59 Å². The number of hydrogen-bond donors (Lipinski definition) is 2. The first-order valence-electron chi connectivity index (χ1n) is 6.95. The number of likely N-dealkylation sites (N-methyl/N-ethyl adjacent to an activating group) is 1. The average Bonchev–Trinajstić information content (AvgIpc) is 2.84. The van der Waals surface area contributed by atoms with E-state index in [-0.39, 0.29) is 18.2 Å². The Hall–Kier alpha value is -2.73. The van der Waals surface area contributed by atoms with Crippen LogP contribution in [0.3, 0.4) is 0 Å². The van der Waals surface area contributed by atoms with Crippen molar-refractivity contribution in [3.05, 3.63) is 53.2 Å². The van der Waals surface area contributed by atoms with Gasteiger partial charge in [-0.2, -0.15) is 0 Å². The molecule has 0 spiro atoms. The van der Waals surface area contributed by atoms with E-state index in [1.54, 1.807) is 31.4 Å². The number of nitrogens with one attached hydrogen (secondary N) is 1. The predicted octanol–water partition coefficient (Wildman–Crippen LogP) is 1.31. The summed E-state index contributed by atoms with van der Waals surface area (Å²) in [7, 11) is 1.68. The Bertz CT molecular complexity index is 740. The van der Waals surface area contributed by atoms with Crippen LogP contribution in [0.2, 0.25) is 0 Å². The van der Waals surface area contributed by atoms with Crippen molar-refractivity contribution in [3.8, 4) is 0 Å². The van der Waals surface area contributed by atoms with Gasteiger partial charge in [-0.25, -0.2) is 4.98 Å². The van der Waals surface area contributed by atoms with E-state index in [4.69, 9.17) is 5.73 Å². The number of aromatic nitrogens is 1. The summed E-state index contributed by atoms with van der Waals surface area (Å²) in [5, 5.41) is 2.85. The SMILES string of the molecule is CN1C(=O)Cc2c(NC(=O)c3ccc(CN)cc3)ccnc21. The number of nitrogens with zero attached hydrogens (tertiary/aromatic N) is 2. The summed E-state index contributed by atoms with van der Waals surface area (Å²) >= 11 is 0. The Morgan fingerprint density at radius 3 is 2.73 bits per heavy atom. The molecule has 0 atom stereocenters. The van der Waals surface area contributed by atoms with Crippen LogP contribution in [0, 0.1) is 0 Å². The molecule has 1 aromatic carbocycles. The molecule has 22 heavy (non-hydrogen) atoms. The van der Waals surface area contributed by atoms with Gasteiger partial charge in [0.15, 0.2) is 0 Å². The molecule has 3 rings (SSSR count). The third-order valence-corrected chi connectivity index (χ3v) is 3.75. The van der Waals surface area contributed by atoms with Gasteiger partial charge in [0, 0.05) is 36.6 Å². The van der Waals surface area contributed by atoms with Crippen molar-refractivity contribution in [1.29, 1.82) is 0 Å². The van der Waals surface area contributed by atoms with Crippen molar-refractivity contribution in [1.82, 2.24) is 4.98 Å². The van der Waals surface area contributed by atoms with Gasteiger partial charge in [0.25, 0.3) is 5.91 Å². The average molecular weight is 296 g/mol. The first kappa shape index (κ1) is 14.2. The highest BCUT2D eigenvalue weighted by atomic mass is 16.2. The highest BCUT2D eigenvalue weighted by Gasteiger charge is 2.28. The molecule has 6 heteroatoms. The molecule has 6 nitrogen and oxygen atoms in total. The zero-order valence-electron chi connectivity index (χ0n) is 12.2. The maximum Gasteiger partial charge on any atom is 0.255 e. The van der Waals surface area contributed by atoms with Crippen molar-refractivity contribution >= 4 is 23.3 Å². The molecule has 0 aliphatic carbocycles. The quantitative estimate of drug-likeness (QED) is 0.894. The molecule has 0 saturated carbocycles. The topological polar surface area (TPSA) is 88.3 Å². The van der Waals surface area contributed by atoms with E-state index in [2.05, 4.69) is 10.3 Å². The molecule has 3 N–H and O–H groups in total. The van der Waals surface area contributed by atoms with Gasteiger partial charge in [0.2, 0.25) is 5.91 Å². The Balaban J connectivity index is 1.85. The second-order valence-electron chi connectivity index (χ2n) is 5.15. The Labute approximate surface area is 127 Å². The molecule has 1 aromatic heterocycles. The van der Waals surface area contributed by atoms with E-state index in [1.807, 2.05) is 12.1 Å². The van der Waals surface area contributed by atoms with Crippen LogP contribution in [0.5, 0.6) is 0 Å². The highest BCUT2D eigenvalue weighted by Crippen LogP contribution is 2.31. The normalized spacial score (nSPS) is 13.2. The number of fused-ring (bicyclic) bond motifs is 1. The fourth-order valence-corrected chi connectivity index (χ4v) is 2.44. The fraction of sp³-hybridized carbons (Fsp3) is 0.188. The molecule has 112 valence electrons. The lowest BCUT2D eigenvalue weighted by molar-refractivity contribution is -0.117. The van der Waals surface area contributed by atoms with Crippen molar-refractivity contribution in [2.75, 3.05) is 17.3 Å². The first-order chi connectivity index (χ1) is 10.6. The summed E-state index contributed by atoms with van der Waals surface area (Å²) < 4.78 is 0. The van der Waals surface area contributed by atoms with Crippen LogP contribution in [0.4, 0.5) is 11.5 Å². The molecular formula is C16H16N4O2. The number of carbonyl (C=O) groups is 2. The lowest BCUT2D eigenvalue weighted by Gasteiger charge is -2.11. The number of pyridine rings is 1. The summed E-state index contributed by atoms with van der Waals surface area (Å²) in [5.41, 5.74) is 8.42. The van der Waals surface area contributed by atoms with Gasteiger partial charge in [-0.05, 0) is 23.8 Å². The second-order valence-corrected chi connectivity index (χ2v) is 5.15. The van der Waals surface area contributed by atoms with Crippen molar-refractivity contribution in [2.24, 2.45) is 5.73 Å². The van der Waals surface area contributed by atoms with Gasteiger partial charge in [-0.15, -0.1) is 0 Å². The molecule has 0 fully saturated rings. The summed E-state index contributed by atoms with van der Waals surface area (Å²) in [6.45, 7) is 0.439. The van der Waals surface area contributed by atoms with E-state index in [0.717, 1.165) is 11.1 Å². The Morgan fingerprint density at radius 1 is 1.32 bits per heavy atom. The largest absolute Gasteiger partial charge is 0.326 e. The number of hydrogen-bond acceptors (Lipinski definition) is 4.